The highest BCUT2D eigenvalue weighted by Gasteiger charge is 2.47. The van der Waals surface area contributed by atoms with Crippen molar-refractivity contribution in [2.24, 2.45) is 0 Å². The molecule has 15 nitrogen and oxygen atoms in total. The van der Waals surface area contributed by atoms with Crippen LogP contribution in [0.2, 0.25) is 0 Å². The van der Waals surface area contributed by atoms with Crippen LogP contribution in [0.3, 0.4) is 0 Å². The number of esters is 2. The van der Waals surface area contributed by atoms with E-state index in [1.54, 1.807) is 0 Å². The maximum atomic E-state index is 12.8. The molecule has 0 aromatic heterocycles. The maximum Gasteiger partial charge on any atom is 0.306 e. The summed E-state index contributed by atoms with van der Waals surface area (Å²) in [6.45, 7) is 2.28. The smallest absolute Gasteiger partial charge is 0.306 e. The van der Waals surface area contributed by atoms with E-state index in [0.717, 1.165) is 83.5 Å². The minimum absolute atomic E-state index is 0.147. The normalized spacial score (nSPS) is 28.3. The van der Waals surface area contributed by atoms with Crippen LogP contribution >= 0.6 is 0 Å². The predicted octanol–water partition coefficient (Wildman–Crippen LogP) is 3.98. The Kier molecular flexibility index (Phi) is 28.7. The molecule has 2 saturated heterocycles. The molecule has 2 rings (SSSR count). The van der Waals surface area contributed by atoms with Gasteiger partial charge in [0, 0.05) is 12.8 Å². The molecule has 340 valence electrons. The molecular formula is C44H74O15. The fourth-order valence-electron chi connectivity index (χ4n) is 6.44. The second-order valence-electron chi connectivity index (χ2n) is 15.1. The maximum absolute atomic E-state index is 12.8. The fourth-order valence-corrected chi connectivity index (χ4v) is 6.44. The monoisotopic (exact) mass is 843 g/mol. The minimum atomic E-state index is -1.76. The first-order valence-electron chi connectivity index (χ1n) is 21.7. The Balaban J connectivity index is 1.79. The van der Waals surface area contributed by atoms with Crippen LogP contribution in [0.5, 0.6) is 0 Å². The van der Waals surface area contributed by atoms with E-state index in [0.29, 0.717) is 12.8 Å². The van der Waals surface area contributed by atoms with Gasteiger partial charge >= 0.3 is 11.9 Å². The molecule has 2 fully saturated rings. The lowest BCUT2D eigenvalue weighted by Crippen LogP contribution is -2.61. The SMILES string of the molecule is CC/C=C\C/C=C\C/C=C\C/C=C\CCCCCCCCC(=O)OC(COC(=O)CCCCCC)COC1OC(COC2OC(CO)C(O)C(O)C2O)C(O)C(O)C1O. The van der Waals surface area contributed by atoms with Crippen LogP contribution in [0.15, 0.2) is 48.6 Å². The van der Waals surface area contributed by atoms with Crippen molar-refractivity contribution in [1.29, 1.82) is 0 Å². The summed E-state index contributed by atoms with van der Waals surface area (Å²) in [5, 5.41) is 71.6. The average Bonchev–Trinajstić information content (AvgIpc) is 3.23. The van der Waals surface area contributed by atoms with Gasteiger partial charge in [-0.15, -0.1) is 0 Å². The van der Waals surface area contributed by atoms with Gasteiger partial charge in [0.05, 0.1) is 19.8 Å². The summed E-state index contributed by atoms with van der Waals surface area (Å²) in [6, 6.07) is 0. The van der Waals surface area contributed by atoms with Crippen LogP contribution < -0.4 is 0 Å². The lowest BCUT2D eigenvalue weighted by atomic mass is 9.98. The van der Waals surface area contributed by atoms with Gasteiger partial charge in [-0.2, -0.15) is 0 Å². The number of carbonyl (C=O) groups is 2. The molecule has 2 aliphatic heterocycles. The van der Waals surface area contributed by atoms with E-state index in [-0.39, 0.29) is 26.1 Å². The molecule has 0 amide bonds. The number of ether oxygens (including phenoxy) is 6. The van der Waals surface area contributed by atoms with E-state index in [9.17, 15) is 45.3 Å². The highest BCUT2D eigenvalue weighted by atomic mass is 16.7. The van der Waals surface area contributed by atoms with Gasteiger partial charge in [-0.3, -0.25) is 9.59 Å². The number of aliphatic hydroxyl groups excluding tert-OH is 7. The molecule has 0 aliphatic carbocycles. The molecule has 0 aromatic carbocycles. The second kappa shape index (κ2) is 32.2. The first-order chi connectivity index (χ1) is 28.5. The molecule has 59 heavy (non-hydrogen) atoms. The van der Waals surface area contributed by atoms with Crippen molar-refractivity contribution in [3.05, 3.63) is 48.6 Å². The minimum Gasteiger partial charge on any atom is -0.462 e. The van der Waals surface area contributed by atoms with Crippen LogP contribution in [0.4, 0.5) is 0 Å². The molecule has 0 spiro atoms. The molecule has 11 unspecified atom stereocenters. The Bertz CT molecular complexity index is 1220. The lowest BCUT2D eigenvalue weighted by molar-refractivity contribution is -0.332. The third kappa shape index (κ3) is 21.7. The Labute approximate surface area is 350 Å². The van der Waals surface area contributed by atoms with Gasteiger partial charge in [-0.05, 0) is 51.4 Å². The summed E-state index contributed by atoms with van der Waals surface area (Å²) >= 11 is 0. The lowest BCUT2D eigenvalue weighted by Gasteiger charge is -2.42. The zero-order valence-corrected chi connectivity index (χ0v) is 35.2. The Morgan fingerprint density at radius 3 is 1.68 bits per heavy atom. The third-order valence-electron chi connectivity index (χ3n) is 10.1. The van der Waals surface area contributed by atoms with Gasteiger partial charge < -0.3 is 64.2 Å². The fraction of sp³-hybridized carbons (Fsp3) is 0.773. The molecule has 0 aromatic rings. The number of unbranched alkanes of at least 4 members (excludes halogenated alkanes) is 9. The summed E-state index contributed by atoms with van der Waals surface area (Å²) in [6.07, 6.45) is 15.2. The Morgan fingerprint density at radius 2 is 1.07 bits per heavy atom. The summed E-state index contributed by atoms with van der Waals surface area (Å²) in [5.74, 6) is -0.967. The summed E-state index contributed by atoms with van der Waals surface area (Å²) in [5.41, 5.74) is 0. The number of hydrogen-bond donors (Lipinski definition) is 7. The third-order valence-corrected chi connectivity index (χ3v) is 10.1. The number of rotatable bonds is 31. The highest BCUT2D eigenvalue weighted by molar-refractivity contribution is 5.70. The molecule has 15 heteroatoms. The number of allylic oxidation sites excluding steroid dienone is 8. The van der Waals surface area contributed by atoms with E-state index in [2.05, 4.69) is 62.5 Å². The Morgan fingerprint density at radius 1 is 0.559 bits per heavy atom. The van der Waals surface area contributed by atoms with E-state index in [1.165, 1.54) is 0 Å². The van der Waals surface area contributed by atoms with Crippen LogP contribution in [0, 0.1) is 0 Å². The van der Waals surface area contributed by atoms with E-state index in [1.807, 2.05) is 0 Å². The molecular weight excluding hydrogens is 768 g/mol. The summed E-state index contributed by atoms with van der Waals surface area (Å²) < 4.78 is 33.2. The van der Waals surface area contributed by atoms with Crippen molar-refractivity contribution in [2.45, 2.75) is 191 Å². The molecule has 2 heterocycles. The van der Waals surface area contributed by atoms with E-state index < -0.39 is 92.7 Å². The van der Waals surface area contributed by atoms with Gasteiger partial charge in [-0.1, -0.05) is 107 Å². The number of aliphatic hydroxyl groups is 7. The largest absolute Gasteiger partial charge is 0.462 e. The topological polar surface area (TPSA) is 231 Å². The van der Waals surface area contributed by atoms with Crippen molar-refractivity contribution in [2.75, 3.05) is 26.4 Å². The Hall–Kier alpha value is -2.54. The van der Waals surface area contributed by atoms with Crippen molar-refractivity contribution in [3.63, 3.8) is 0 Å². The van der Waals surface area contributed by atoms with Gasteiger partial charge in [0.2, 0.25) is 0 Å². The highest BCUT2D eigenvalue weighted by Crippen LogP contribution is 2.26. The molecule has 11 atom stereocenters. The van der Waals surface area contributed by atoms with Gasteiger partial charge in [0.1, 0.15) is 55.4 Å². The molecule has 2 aliphatic rings. The van der Waals surface area contributed by atoms with Crippen LogP contribution in [0.1, 0.15) is 123 Å². The zero-order chi connectivity index (χ0) is 43.3. The van der Waals surface area contributed by atoms with E-state index >= 15 is 0 Å². The number of carbonyl (C=O) groups excluding carboxylic acids is 2. The van der Waals surface area contributed by atoms with Crippen LogP contribution in [-0.2, 0) is 38.0 Å². The van der Waals surface area contributed by atoms with Crippen LogP contribution in [-0.4, -0.2) is 142 Å². The van der Waals surface area contributed by atoms with Gasteiger partial charge in [0.15, 0.2) is 18.7 Å². The van der Waals surface area contributed by atoms with E-state index in [4.69, 9.17) is 28.4 Å². The quantitative estimate of drug-likeness (QED) is 0.0297. The first-order valence-corrected chi connectivity index (χ1v) is 21.7. The summed E-state index contributed by atoms with van der Waals surface area (Å²) in [7, 11) is 0. The molecule has 0 radical (unpaired) electrons. The summed E-state index contributed by atoms with van der Waals surface area (Å²) in [4.78, 5) is 25.3. The van der Waals surface area contributed by atoms with Gasteiger partial charge in [0.25, 0.3) is 0 Å². The van der Waals surface area contributed by atoms with Crippen molar-refractivity contribution in [1.82, 2.24) is 0 Å². The van der Waals surface area contributed by atoms with Gasteiger partial charge in [-0.25, -0.2) is 0 Å². The standard InChI is InChI=1S/C44H74O15/c1-3-5-7-9-10-11-12-13-14-15-16-17-18-19-20-21-22-23-25-27-36(47)57-32(29-54-35(46)26-24-8-6-4-2)30-55-43-42(53)40(51)38(49)34(59-43)31-56-44-41(52)39(50)37(48)33(28-45)58-44/h5,7,10-11,13-14,16-17,32-34,37-45,48-53H,3-4,6,8-9,12,15,18-31H2,1-2H3/b7-5-,11-10-,14-13-,17-16-. The van der Waals surface area contributed by atoms with Crippen molar-refractivity contribution >= 4 is 11.9 Å². The first kappa shape index (κ1) is 52.6. The zero-order valence-electron chi connectivity index (χ0n) is 35.2. The molecule has 7 N–H and O–H groups in total. The van der Waals surface area contributed by atoms with Crippen molar-refractivity contribution < 1.29 is 73.8 Å². The predicted molar refractivity (Wildman–Crippen MR) is 220 cm³/mol. The molecule has 0 bridgehead atoms. The second-order valence-corrected chi connectivity index (χ2v) is 15.1. The van der Waals surface area contributed by atoms with Crippen LogP contribution in [0.25, 0.3) is 0 Å². The number of hydrogen-bond acceptors (Lipinski definition) is 15. The molecule has 0 saturated carbocycles. The van der Waals surface area contributed by atoms with Crippen molar-refractivity contribution in [3.8, 4) is 0 Å². The average molecular weight is 843 g/mol.